The zero-order chi connectivity index (χ0) is 23.7. The molecule has 0 spiro atoms. The summed E-state index contributed by atoms with van der Waals surface area (Å²) in [7, 11) is 1.66. The van der Waals surface area contributed by atoms with Gasteiger partial charge in [-0.3, -0.25) is 9.36 Å². The molecule has 2 aromatic carbocycles. The summed E-state index contributed by atoms with van der Waals surface area (Å²) in [4.78, 5) is 35.2. The van der Waals surface area contributed by atoms with Crippen molar-refractivity contribution in [1.29, 1.82) is 0 Å². The molecule has 5 rings (SSSR count). The van der Waals surface area contributed by atoms with Gasteiger partial charge in [-0.2, -0.15) is 4.52 Å². The van der Waals surface area contributed by atoms with E-state index in [0.29, 0.717) is 49.6 Å². The quantitative estimate of drug-likeness (QED) is 0.439. The van der Waals surface area contributed by atoms with Crippen molar-refractivity contribution in [3.63, 3.8) is 0 Å². The number of para-hydroxylation sites is 3. The monoisotopic (exact) mass is 460 g/mol. The van der Waals surface area contributed by atoms with E-state index in [-0.39, 0.29) is 18.1 Å². The molecular formula is C25H28N6O3. The van der Waals surface area contributed by atoms with Gasteiger partial charge in [-0.25, -0.2) is 9.78 Å². The van der Waals surface area contributed by atoms with E-state index in [1.165, 1.54) is 9.08 Å². The Morgan fingerprint density at radius 2 is 1.76 bits per heavy atom. The SMILES string of the molecule is CCCc1nc2c3ccccc3n(CC(=O)N3CCN(c4ccccc4OC)CC3)c(=O)n2n1. The number of amides is 1. The number of benzene rings is 2. The lowest BCUT2D eigenvalue weighted by Gasteiger charge is -2.36. The highest BCUT2D eigenvalue weighted by atomic mass is 16.5. The van der Waals surface area contributed by atoms with Crippen molar-refractivity contribution >= 4 is 28.1 Å². The molecule has 0 bridgehead atoms. The molecule has 1 amide bonds. The van der Waals surface area contributed by atoms with E-state index in [2.05, 4.69) is 15.0 Å². The molecule has 176 valence electrons. The maximum atomic E-state index is 13.3. The lowest BCUT2D eigenvalue weighted by Crippen LogP contribution is -2.50. The number of ether oxygens (including phenoxy) is 1. The van der Waals surface area contributed by atoms with Gasteiger partial charge in [0.25, 0.3) is 0 Å². The van der Waals surface area contributed by atoms with Crippen LogP contribution in [0.4, 0.5) is 5.69 Å². The van der Waals surface area contributed by atoms with Crippen molar-refractivity contribution in [2.45, 2.75) is 26.3 Å². The van der Waals surface area contributed by atoms with Gasteiger partial charge in [0.2, 0.25) is 5.91 Å². The average molecular weight is 461 g/mol. The molecule has 9 nitrogen and oxygen atoms in total. The van der Waals surface area contributed by atoms with Crippen LogP contribution in [-0.2, 0) is 17.8 Å². The number of fused-ring (bicyclic) bond motifs is 3. The fraction of sp³-hybridized carbons (Fsp3) is 0.360. The first-order chi connectivity index (χ1) is 16.6. The Labute approximate surface area is 197 Å². The Hall–Kier alpha value is -3.88. The van der Waals surface area contributed by atoms with E-state index in [1.54, 1.807) is 7.11 Å². The molecule has 1 aliphatic rings. The van der Waals surface area contributed by atoms with Crippen molar-refractivity contribution in [1.82, 2.24) is 24.1 Å². The van der Waals surface area contributed by atoms with Gasteiger partial charge in [0.1, 0.15) is 12.3 Å². The maximum Gasteiger partial charge on any atom is 0.351 e. The summed E-state index contributed by atoms with van der Waals surface area (Å²) in [6, 6.07) is 15.5. The second-order valence-electron chi connectivity index (χ2n) is 8.44. The van der Waals surface area contributed by atoms with E-state index >= 15 is 0 Å². The van der Waals surface area contributed by atoms with Gasteiger partial charge < -0.3 is 14.5 Å². The number of hydrogen-bond donors (Lipinski definition) is 0. The van der Waals surface area contributed by atoms with Crippen molar-refractivity contribution < 1.29 is 9.53 Å². The number of nitrogens with zero attached hydrogens (tertiary/aromatic N) is 6. The number of piperazine rings is 1. The molecule has 1 saturated heterocycles. The van der Waals surface area contributed by atoms with E-state index in [0.717, 1.165) is 23.2 Å². The third kappa shape index (κ3) is 3.87. The lowest BCUT2D eigenvalue weighted by atomic mass is 10.2. The van der Waals surface area contributed by atoms with Crippen molar-refractivity contribution in [2.75, 3.05) is 38.2 Å². The number of aromatic nitrogens is 4. The zero-order valence-corrected chi connectivity index (χ0v) is 19.5. The summed E-state index contributed by atoms with van der Waals surface area (Å²) in [5, 5.41) is 5.23. The van der Waals surface area contributed by atoms with Crippen molar-refractivity contribution in [3.8, 4) is 5.75 Å². The summed E-state index contributed by atoms with van der Waals surface area (Å²) >= 11 is 0. The summed E-state index contributed by atoms with van der Waals surface area (Å²) in [5.41, 5.74) is 1.91. The average Bonchev–Trinajstić information content (AvgIpc) is 3.31. The van der Waals surface area contributed by atoms with E-state index in [4.69, 9.17) is 4.74 Å². The highest BCUT2D eigenvalue weighted by Crippen LogP contribution is 2.28. The first kappa shape index (κ1) is 21.9. The molecule has 3 heterocycles. The molecule has 1 fully saturated rings. The van der Waals surface area contributed by atoms with Crippen molar-refractivity contribution in [2.24, 2.45) is 0 Å². The third-order valence-corrected chi connectivity index (χ3v) is 6.32. The highest BCUT2D eigenvalue weighted by molar-refractivity contribution is 5.92. The van der Waals surface area contributed by atoms with Crippen LogP contribution in [0, 0.1) is 0 Å². The van der Waals surface area contributed by atoms with Gasteiger partial charge in [-0.15, -0.1) is 5.10 Å². The number of carbonyl (C=O) groups excluding carboxylic acids is 1. The molecule has 0 radical (unpaired) electrons. The smallest absolute Gasteiger partial charge is 0.351 e. The first-order valence-electron chi connectivity index (χ1n) is 11.6. The summed E-state index contributed by atoms with van der Waals surface area (Å²) in [5.74, 6) is 1.38. The van der Waals surface area contributed by atoms with Crippen LogP contribution in [0.25, 0.3) is 16.6 Å². The zero-order valence-electron chi connectivity index (χ0n) is 19.5. The van der Waals surface area contributed by atoms with E-state index < -0.39 is 0 Å². The topological polar surface area (TPSA) is 85.0 Å². The van der Waals surface area contributed by atoms with Crippen LogP contribution in [0.3, 0.4) is 0 Å². The van der Waals surface area contributed by atoms with E-state index in [1.807, 2.05) is 60.4 Å². The maximum absolute atomic E-state index is 13.3. The molecular weight excluding hydrogens is 432 g/mol. The number of rotatable bonds is 6. The van der Waals surface area contributed by atoms with E-state index in [9.17, 15) is 9.59 Å². The molecule has 2 aromatic heterocycles. The minimum Gasteiger partial charge on any atom is -0.495 e. The fourth-order valence-corrected chi connectivity index (χ4v) is 4.58. The Bertz CT molecular complexity index is 1400. The van der Waals surface area contributed by atoms with Gasteiger partial charge in [0.05, 0.1) is 18.3 Å². The molecule has 0 N–H and O–H groups in total. The van der Waals surface area contributed by atoms with Crippen LogP contribution < -0.4 is 15.3 Å². The largest absolute Gasteiger partial charge is 0.495 e. The minimum absolute atomic E-state index is 0.0348. The minimum atomic E-state index is -0.343. The highest BCUT2D eigenvalue weighted by Gasteiger charge is 2.24. The van der Waals surface area contributed by atoms with Gasteiger partial charge in [0, 0.05) is 38.0 Å². The normalized spacial score (nSPS) is 14.2. The number of methoxy groups -OCH3 is 1. The number of carbonyl (C=O) groups is 1. The predicted octanol–water partition coefficient (Wildman–Crippen LogP) is 2.35. The summed E-state index contributed by atoms with van der Waals surface area (Å²) < 4.78 is 8.33. The van der Waals surface area contributed by atoms with Gasteiger partial charge >= 0.3 is 5.69 Å². The Balaban J connectivity index is 1.39. The second-order valence-corrected chi connectivity index (χ2v) is 8.44. The molecule has 4 aromatic rings. The molecule has 34 heavy (non-hydrogen) atoms. The van der Waals surface area contributed by atoms with Crippen LogP contribution >= 0.6 is 0 Å². The number of anilines is 1. The Morgan fingerprint density at radius 1 is 1.03 bits per heavy atom. The van der Waals surface area contributed by atoms with Crippen LogP contribution in [0.5, 0.6) is 5.75 Å². The van der Waals surface area contributed by atoms with Crippen molar-refractivity contribution in [3.05, 3.63) is 64.8 Å². The summed E-state index contributed by atoms with van der Waals surface area (Å²) in [6.45, 7) is 4.57. The van der Waals surface area contributed by atoms with Crippen LogP contribution in [0.1, 0.15) is 19.2 Å². The summed E-state index contributed by atoms with van der Waals surface area (Å²) in [6.07, 6.45) is 1.59. The number of hydrogen-bond acceptors (Lipinski definition) is 6. The molecule has 1 aliphatic heterocycles. The second kappa shape index (κ2) is 9.17. The first-order valence-corrected chi connectivity index (χ1v) is 11.6. The molecule has 0 aliphatic carbocycles. The van der Waals surface area contributed by atoms with Crippen LogP contribution in [-0.4, -0.2) is 63.3 Å². The Morgan fingerprint density at radius 3 is 2.53 bits per heavy atom. The third-order valence-electron chi connectivity index (χ3n) is 6.32. The fourth-order valence-electron chi connectivity index (χ4n) is 4.58. The molecule has 0 unspecified atom stereocenters. The van der Waals surface area contributed by atoms with Gasteiger partial charge in [-0.1, -0.05) is 31.2 Å². The molecule has 0 saturated carbocycles. The Kier molecular flexibility index (Phi) is 5.91. The van der Waals surface area contributed by atoms with Crippen LogP contribution in [0.15, 0.2) is 53.3 Å². The molecule has 0 atom stereocenters. The van der Waals surface area contributed by atoms with Gasteiger partial charge in [-0.05, 0) is 30.7 Å². The molecule has 9 heteroatoms. The van der Waals surface area contributed by atoms with Crippen LogP contribution in [0.2, 0.25) is 0 Å². The predicted molar refractivity (Wildman–Crippen MR) is 131 cm³/mol. The number of aryl methyl sites for hydroxylation is 1. The van der Waals surface area contributed by atoms with Gasteiger partial charge in [0.15, 0.2) is 11.5 Å². The standard InChI is InChI=1S/C25H28N6O3/c1-3-8-22-26-24-18-9-4-5-10-19(18)30(25(33)31(24)27-22)17-23(32)29-15-13-28(14-16-29)20-11-6-7-12-21(20)34-2/h4-7,9-12H,3,8,13-17H2,1-2H3. The lowest BCUT2D eigenvalue weighted by molar-refractivity contribution is -0.132.